The number of hydrogen-bond donors (Lipinski definition) is 12. The van der Waals surface area contributed by atoms with Crippen LogP contribution in [0, 0.1) is 0 Å². The highest BCUT2D eigenvalue weighted by Gasteiger charge is 2.58. The summed E-state index contributed by atoms with van der Waals surface area (Å²) in [5.41, 5.74) is 3.41. The van der Waals surface area contributed by atoms with E-state index < -0.39 is 112 Å². The summed E-state index contributed by atoms with van der Waals surface area (Å²) in [6, 6.07) is 0. The molecule has 3 aliphatic heterocycles. The topological polar surface area (TPSA) is 313 Å². The van der Waals surface area contributed by atoms with Crippen molar-refractivity contribution in [2.45, 2.75) is 124 Å². The van der Waals surface area contributed by atoms with Gasteiger partial charge in [-0.1, -0.05) is 19.8 Å². The molecule has 0 saturated carbocycles. The fourth-order valence-electron chi connectivity index (χ4n) is 5.15. The van der Waals surface area contributed by atoms with Gasteiger partial charge in [0.2, 0.25) is 12.2 Å². The number of hydrogen-bond acceptors (Lipinski definition) is 18. The van der Waals surface area contributed by atoms with Crippen molar-refractivity contribution in [1.82, 2.24) is 5.32 Å². The zero-order chi connectivity index (χ0) is 33.5. The van der Waals surface area contributed by atoms with E-state index in [1.807, 2.05) is 6.92 Å². The molecular weight excluding hydrogens is 612 g/mol. The molecule has 3 aliphatic rings. The lowest BCUT2D eigenvalue weighted by molar-refractivity contribution is -0.388. The van der Waals surface area contributed by atoms with Crippen LogP contribution in [0.4, 0.5) is 0 Å². The van der Waals surface area contributed by atoms with Crippen molar-refractivity contribution in [2.24, 2.45) is 5.73 Å². The van der Waals surface area contributed by atoms with Gasteiger partial charge >= 0.3 is 0 Å². The molecule has 0 aromatic rings. The van der Waals surface area contributed by atoms with Gasteiger partial charge < -0.3 is 84.8 Å². The van der Waals surface area contributed by atoms with E-state index in [2.05, 4.69) is 5.32 Å². The number of aliphatic hydroxyl groups is 10. The minimum Gasteiger partial charge on any atom is -0.394 e. The van der Waals surface area contributed by atoms with E-state index >= 15 is 0 Å². The van der Waals surface area contributed by atoms with E-state index in [1.54, 1.807) is 0 Å². The molecule has 19 heteroatoms. The minimum atomic E-state index is -2.69. The summed E-state index contributed by atoms with van der Waals surface area (Å²) in [6.07, 6.45) is -21.2. The van der Waals surface area contributed by atoms with Crippen molar-refractivity contribution in [3.63, 3.8) is 0 Å². The minimum absolute atomic E-state index is 0.0201. The molecule has 0 spiro atoms. The van der Waals surface area contributed by atoms with Crippen LogP contribution in [0.1, 0.15) is 32.6 Å². The van der Waals surface area contributed by atoms with Crippen molar-refractivity contribution in [1.29, 1.82) is 0 Å². The number of aliphatic hydroxyl groups excluding tert-OH is 9. The Labute approximate surface area is 259 Å². The predicted octanol–water partition coefficient (Wildman–Crippen LogP) is -6.57. The Morgan fingerprint density at radius 1 is 0.778 bits per heavy atom. The van der Waals surface area contributed by atoms with E-state index in [1.165, 1.54) is 0 Å². The molecule has 0 aliphatic carbocycles. The van der Waals surface area contributed by atoms with Gasteiger partial charge in [0.15, 0.2) is 18.3 Å². The number of rotatable bonds is 15. The van der Waals surface area contributed by atoms with Crippen LogP contribution < -0.4 is 11.1 Å². The summed E-state index contributed by atoms with van der Waals surface area (Å²) in [6.45, 7) is -0.437. The number of amides is 1. The van der Waals surface area contributed by atoms with Crippen LogP contribution in [0.15, 0.2) is 0 Å². The molecule has 15 atom stereocenters. The van der Waals surface area contributed by atoms with E-state index in [0.29, 0.717) is 12.8 Å². The normalized spacial score (nSPS) is 44.1. The Morgan fingerprint density at radius 3 is 1.93 bits per heavy atom. The summed E-state index contributed by atoms with van der Waals surface area (Å²) in [5.74, 6) is -0.232. The van der Waals surface area contributed by atoms with Gasteiger partial charge in [-0.3, -0.25) is 10.5 Å². The van der Waals surface area contributed by atoms with Gasteiger partial charge in [-0.2, -0.15) is 0 Å². The van der Waals surface area contributed by atoms with Gasteiger partial charge in [-0.15, -0.1) is 0 Å². The molecule has 19 nitrogen and oxygen atoms in total. The van der Waals surface area contributed by atoms with Crippen LogP contribution in [-0.4, -0.2) is 182 Å². The molecule has 0 aromatic heterocycles. The van der Waals surface area contributed by atoms with E-state index in [9.17, 15) is 55.9 Å². The Kier molecular flexibility index (Phi) is 14.7. The van der Waals surface area contributed by atoms with E-state index in [4.69, 9.17) is 34.2 Å². The molecule has 3 fully saturated rings. The lowest BCUT2D eigenvalue weighted by Crippen LogP contribution is -2.74. The third kappa shape index (κ3) is 9.24. The molecule has 0 bridgehead atoms. The molecule has 1 amide bonds. The number of nitrogens with two attached hydrogens (primary N) is 1. The summed E-state index contributed by atoms with van der Waals surface area (Å²) in [7, 11) is 0. The van der Waals surface area contributed by atoms with E-state index in [-0.39, 0.29) is 19.1 Å². The zero-order valence-corrected chi connectivity index (χ0v) is 24.9. The largest absolute Gasteiger partial charge is 0.394 e. The number of carbonyl (C=O) groups excluding carboxylic acids is 1. The highest BCUT2D eigenvalue weighted by Crippen LogP contribution is 2.34. The smallest absolute Gasteiger partial charge is 0.220 e. The molecule has 45 heavy (non-hydrogen) atoms. The quantitative estimate of drug-likeness (QED) is 0.0574. The van der Waals surface area contributed by atoms with Crippen LogP contribution >= 0.6 is 0 Å². The highest BCUT2D eigenvalue weighted by atomic mass is 16.8. The first-order valence-electron chi connectivity index (χ1n) is 14.9. The van der Waals surface area contributed by atoms with Gasteiger partial charge in [-0.05, 0) is 6.42 Å². The zero-order valence-electron chi connectivity index (χ0n) is 24.9. The molecule has 3 rings (SSSR count). The number of carbonyl (C=O) groups is 1. The Hall–Kier alpha value is -1.21. The fourth-order valence-corrected chi connectivity index (χ4v) is 5.15. The standard InChI is InChI=1S/C26H48N2O17/c1-2-3-4-5-14(31)28-6-7-40-25-26(27,39)22(45-24-21(38)19(36)16(33)12(9-30)43-24)17(34)13(44-25)10-41-23-20(37)18(35)15(32)11(8-29)42-23/h11-13,15-25,29-30,32-39H,2-10,27H2,1H3,(H,28,31)/t11-,12-,13-,15-,16-,17-,18+,19+,20+,21+,22+,23+,24?,25+,26+/m1/s1. The van der Waals surface area contributed by atoms with Crippen molar-refractivity contribution >= 4 is 5.91 Å². The van der Waals surface area contributed by atoms with Gasteiger partial charge in [0.05, 0.1) is 26.4 Å². The molecule has 0 aromatic carbocycles. The lowest BCUT2D eigenvalue weighted by atomic mass is 9.93. The highest BCUT2D eigenvalue weighted by molar-refractivity contribution is 5.75. The van der Waals surface area contributed by atoms with Crippen molar-refractivity contribution in [2.75, 3.05) is 33.0 Å². The maximum atomic E-state index is 12.0. The molecule has 3 saturated heterocycles. The molecule has 1 unspecified atom stereocenters. The van der Waals surface area contributed by atoms with Crippen LogP contribution in [-0.2, 0) is 33.2 Å². The SMILES string of the molecule is CCCCCC(=O)NCCO[C@H]1O[C@H](CO[C@H]2O[C@H](CO)[C@@H](O)[C@H](O)[C@@H]2O)[C@@H](O)[C@H](OC2O[C@H](CO)[C@@H](O)[C@H](O)[C@@H]2O)[C@]1(N)O. The first-order valence-corrected chi connectivity index (χ1v) is 14.9. The summed E-state index contributed by atoms with van der Waals surface area (Å²) in [5, 5.41) is 105. The monoisotopic (exact) mass is 660 g/mol. The summed E-state index contributed by atoms with van der Waals surface area (Å²) >= 11 is 0. The van der Waals surface area contributed by atoms with Crippen LogP contribution in [0.5, 0.6) is 0 Å². The van der Waals surface area contributed by atoms with Gasteiger partial charge in [0.25, 0.3) is 0 Å². The average molecular weight is 661 g/mol. The molecular formula is C26H48N2O17. The maximum Gasteiger partial charge on any atom is 0.220 e. The molecule has 0 radical (unpaired) electrons. The van der Waals surface area contributed by atoms with Crippen molar-refractivity contribution in [3.8, 4) is 0 Å². The first-order chi connectivity index (χ1) is 21.3. The second-order valence-electron chi connectivity index (χ2n) is 11.3. The van der Waals surface area contributed by atoms with Crippen LogP contribution in [0.25, 0.3) is 0 Å². The average Bonchev–Trinajstić information content (AvgIpc) is 3.01. The lowest BCUT2D eigenvalue weighted by Gasteiger charge is -2.50. The van der Waals surface area contributed by atoms with Gasteiger partial charge in [0.1, 0.15) is 67.1 Å². The fraction of sp³-hybridized carbons (Fsp3) is 0.962. The number of ether oxygens (including phenoxy) is 6. The Bertz CT molecular complexity index is 900. The molecule has 3 heterocycles. The van der Waals surface area contributed by atoms with Crippen molar-refractivity contribution in [3.05, 3.63) is 0 Å². The second kappa shape index (κ2) is 17.3. The summed E-state index contributed by atoms with van der Waals surface area (Å²) < 4.78 is 33.0. The number of nitrogens with one attached hydrogen (secondary N) is 1. The second-order valence-corrected chi connectivity index (χ2v) is 11.3. The third-order valence-corrected chi connectivity index (χ3v) is 7.93. The molecule has 13 N–H and O–H groups in total. The maximum absolute atomic E-state index is 12.0. The summed E-state index contributed by atoms with van der Waals surface area (Å²) in [4.78, 5) is 12.0. The number of unbranched alkanes of at least 4 members (excludes halogenated alkanes) is 2. The van der Waals surface area contributed by atoms with Crippen LogP contribution in [0.3, 0.4) is 0 Å². The molecule has 264 valence electrons. The Morgan fingerprint density at radius 2 is 1.36 bits per heavy atom. The van der Waals surface area contributed by atoms with Gasteiger partial charge in [0, 0.05) is 13.0 Å². The van der Waals surface area contributed by atoms with Crippen molar-refractivity contribution < 1.29 is 84.3 Å². The van der Waals surface area contributed by atoms with E-state index in [0.717, 1.165) is 12.8 Å². The third-order valence-electron chi connectivity index (χ3n) is 7.93. The first kappa shape index (κ1) is 38.2. The Balaban J connectivity index is 1.75. The van der Waals surface area contributed by atoms with Crippen LogP contribution in [0.2, 0.25) is 0 Å². The predicted molar refractivity (Wildman–Crippen MR) is 145 cm³/mol. The van der Waals surface area contributed by atoms with Gasteiger partial charge in [-0.25, -0.2) is 0 Å².